The number of halogens is 3. The Kier molecular flexibility index (Phi) is 6.93. The highest BCUT2D eigenvalue weighted by Crippen LogP contribution is 2.38. The summed E-state index contributed by atoms with van der Waals surface area (Å²) < 4.78 is 46.2. The summed E-state index contributed by atoms with van der Waals surface area (Å²) in [5.74, 6) is -0.155. The normalized spacial score (nSPS) is 21.1. The van der Waals surface area contributed by atoms with Crippen molar-refractivity contribution in [2.45, 2.75) is 62.8 Å². The van der Waals surface area contributed by atoms with Crippen LogP contribution in [0.15, 0.2) is 30.5 Å². The predicted molar refractivity (Wildman–Crippen MR) is 133 cm³/mol. The van der Waals surface area contributed by atoms with Gasteiger partial charge in [-0.2, -0.15) is 23.5 Å². The molecule has 39 heavy (non-hydrogen) atoms. The second kappa shape index (κ2) is 9.95. The lowest BCUT2D eigenvalue weighted by molar-refractivity contribution is -0.186. The highest BCUT2D eigenvalue weighted by atomic mass is 19.4. The van der Waals surface area contributed by atoms with E-state index in [1.165, 1.54) is 12.1 Å². The molecule has 9 nitrogen and oxygen atoms in total. The Labute approximate surface area is 224 Å². The van der Waals surface area contributed by atoms with Crippen molar-refractivity contribution in [2.75, 3.05) is 26.2 Å². The van der Waals surface area contributed by atoms with E-state index in [4.69, 9.17) is 10.5 Å². The lowest BCUT2D eigenvalue weighted by atomic mass is 9.85. The van der Waals surface area contributed by atoms with Crippen molar-refractivity contribution in [1.29, 1.82) is 5.26 Å². The number of rotatable bonds is 9. The SMILES string of the molecule is CC1(Oc2ccc(C(F)(F)F)cc2)CN(N2CCC(CC#N)(n3cc(C(N)=O)c(CC(=O)C4CC4)n3)CC2)C1. The molecule has 1 saturated carbocycles. The maximum Gasteiger partial charge on any atom is 0.416 e. The minimum Gasteiger partial charge on any atom is -0.485 e. The van der Waals surface area contributed by atoms with Crippen molar-refractivity contribution in [1.82, 2.24) is 19.8 Å². The molecule has 1 aromatic carbocycles. The zero-order valence-corrected chi connectivity index (χ0v) is 21.7. The van der Waals surface area contributed by atoms with Gasteiger partial charge in [0.2, 0.25) is 0 Å². The van der Waals surface area contributed by atoms with Crippen LogP contribution >= 0.6 is 0 Å². The summed E-state index contributed by atoms with van der Waals surface area (Å²) in [4.78, 5) is 24.5. The van der Waals surface area contributed by atoms with Crippen molar-refractivity contribution in [2.24, 2.45) is 11.7 Å². The van der Waals surface area contributed by atoms with Gasteiger partial charge in [0.1, 0.15) is 17.1 Å². The number of alkyl halides is 3. The molecule has 0 atom stereocenters. The van der Waals surface area contributed by atoms with E-state index < -0.39 is 28.8 Å². The van der Waals surface area contributed by atoms with Crippen LogP contribution in [-0.2, 0) is 22.9 Å². The van der Waals surface area contributed by atoms with E-state index in [0.29, 0.717) is 50.5 Å². The average molecular weight is 545 g/mol. The third kappa shape index (κ3) is 5.65. The molecule has 0 bridgehead atoms. The molecule has 2 aromatic rings. The molecule has 3 aliphatic rings. The summed E-state index contributed by atoms with van der Waals surface area (Å²) in [7, 11) is 0. The molecule has 12 heteroatoms. The average Bonchev–Trinajstić information content (AvgIpc) is 3.63. The van der Waals surface area contributed by atoms with Crippen molar-refractivity contribution >= 4 is 11.7 Å². The molecular formula is C27H31F3N6O3. The number of Topliss-reactive ketones (excluding diaryl/α,β-unsaturated/α-hetero) is 1. The highest BCUT2D eigenvalue weighted by molar-refractivity contribution is 5.95. The summed E-state index contributed by atoms with van der Waals surface area (Å²) in [6.45, 7) is 4.34. The molecule has 2 aliphatic heterocycles. The molecule has 1 aromatic heterocycles. The van der Waals surface area contributed by atoms with Gasteiger partial charge in [0.25, 0.3) is 5.91 Å². The van der Waals surface area contributed by atoms with Crippen LogP contribution in [-0.4, -0.2) is 63.3 Å². The quantitative estimate of drug-likeness (QED) is 0.515. The molecule has 5 rings (SSSR count). The number of ether oxygens (including phenoxy) is 1. The molecular weight excluding hydrogens is 513 g/mol. The van der Waals surface area contributed by atoms with E-state index in [-0.39, 0.29) is 30.1 Å². The van der Waals surface area contributed by atoms with Crippen molar-refractivity contribution < 1.29 is 27.5 Å². The van der Waals surface area contributed by atoms with Crippen LogP contribution < -0.4 is 10.5 Å². The number of benzene rings is 1. The lowest BCUT2D eigenvalue weighted by Gasteiger charge is -2.54. The molecule has 1 aliphatic carbocycles. The molecule has 2 saturated heterocycles. The van der Waals surface area contributed by atoms with Gasteiger partial charge < -0.3 is 10.5 Å². The van der Waals surface area contributed by atoms with Gasteiger partial charge in [-0.3, -0.25) is 14.3 Å². The number of nitrogens with zero attached hydrogens (tertiary/aromatic N) is 5. The number of hydrogen-bond donors (Lipinski definition) is 1. The third-order valence-electron chi connectivity index (χ3n) is 7.98. The van der Waals surface area contributed by atoms with Crippen LogP contribution in [0.4, 0.5) is 13.2 Å². The van der Waals surface area contributed by atoms with E-state index in [9.17, 15) is 28.0 Å². The van der Waals surface area contributed by atoms with Gasteiger partial charge in [-0.1, -0.05) is 0 Å². The number of piperidine rings is 1. The largest absolute Gasteiger partial charge is 0.485 e. The molecule has 0 spiro atoms. The Hall–Kier alpha value is -3.43. The zero-order chi connectivity index (χ0) is 28.0. The van der Waals surface area contributed by atoms with E-state index in [1.807, 2.05) is 6.92 Å². The monoisotopic (exact) mass is 544 g/mol. The first-order chi connectivity index (χ1) is 18.4. The van der Waals surface area contributed by atoms with Gasteiger partial charge in [0.05, 0.1) is 54.4 Å². The second-order valence-corrected chi connectivity index (χ2v) is 11.1. The topological polar surface area (TPSA) is 117 Å². The number of carbonyl (C=O) groups excluding carboxylic acids is 2. The van der Waals surface area contributed by atoms with Gasteiger partial charge in [-0.05, 0) is 56.9 Å². The summed E-state index contributed by atoms with van der Waals surface area (Å²) >= 11 is 0. The van der Waals surface area contributed by atoms with Crippen LogP contribution in [0.25, 0.3) is 0 Å². The van der Waals surface area contributed by atoms with Gasteiger partial charge in [-0.15, -0.1) is 0 Å². The van der Waals surface area contributed by atoms with Crippen molar-refractivity contribution in [3.05, 3.63) is 47.3 Å². The first-order valence-electron chi connectivity index (χ1n) is 13.1. The van der Waals surface area contributed by atoms with Gasteiger partial charge in [0.15, 0.2) is 0 Å². The summed E-state index contributed by atoms with van der Waals surface area (Å²) in [6.07, 6.45) is 0.394. The Balaban J connectivity index is 1.21. The Morgan fingerprint density at radius 2 is 1.79 bits per heavy atom. The number of nitrogens with two attached hydrogens (primary N) is 1. The maximum atomic E-state index is 12.8. The summed E-state index contributed by atoms with van der Waals surface area (Å²) in [6, 6.07) is 6.97. The van der Waals surface area contributed by atoms with E-state index in [2.05, 4.69) is 21.2 Å². The number of hydrazine groups is 1. The number of ketones is 1. The lowest BCUT2D eigenvalue weighted by Crippen LogP contribution is -2.69. The van der Waals surface area contributed by atoms with Crippen LogP contribution in [0.3, 0.4) is 0 Å². The van der Waals surface area contributed by atoms with Crippen molar-refractivity contribution in [3.8, 4) is 11.8 Å². The fourth-order valence-electron chi connectivity index (χ4n) is 5.52. The number of nitriles is 1. The van der Waals surface area contributed by atoms with Crippen LogP contribution in [0.2, 0.25) is 0 Å². The standard InChI is InChI=1S/C27H31F3N6O3/c1-25(39-20-6-4-19(5-7-20)27(28,29)30)16-35(17-25)34-12-9-26(8-11-31,10-13-34)36-15-21(24(32)38)22(33-36)14-23(37)18-2-3-18/h4-7,15,18H,2-3,8-10,12-14,16-17H2,1H3,(H2,32,38). The fourth-order valence-corrected chi connectivity index (χ4v) is 5.52. The third-order valence-corrected chi connectivity index (χ3v) is 7.98. The van der Waals surface area contributed by atoms with E-state index in [0.717, 1.165) is 25.0 Å². The Morgan fingerprint density at radius 1 is 1.15 bits per heavy atom. The first kappa shape index (κ1) is 27.1. The van der Waals surface area contributed by atoms with E-state index >= 15 is 0 Å². The van der Waals surface area contributed by atoms with Gasteiger partial charge in [0, 0.05) is 25.2 Å². The highest BCUT2D eigenvalue weighted by Gasteiger charge is 2.47. The molecule has 208 valence electrons. The summed E-state index contributed by atoms with van der Waals surface area (Å²) in [5.41, 5.74) is 4.31. The molecule has 3 heterocycles. The second-order valence-electron chi connectivity index (χ2n) is 11.1. The molecule has 1 amide bonds. The van der Waals surface area contributed by atoms with E-state index in [1.54, 1.807) is 10.9 Å². The summed E-state index contributed by atoms with van der Waals surface area (Å²) in [5, 5.41) is 18.6. The minimum atomic E-state index is -4.39. The Bertz CT molecular complexity index is 1280. The van der Waals surface area contributed by atoms with Crippen LogP contribution in [0.5, 0.6) is 5.75 Å². The molecule has 2 N–H and O–H groups in total. The smallest absolute Gasteiger partial charge is 0.416 e. The fraction of sp³-hybridized carbons (Fsp3) is 0.556. The number of aromatic nitrogens is 2. The zero-order valence-electron chi connectivity index (χ0n) is 21.7. The number of carbonyl (C=O) groups is 2. The molecule has 0 unspecified atom stereocenters. The number of primary amides is 1. The number of amides is 1. The maximum absolute atomic E-state index is 12.8. The van der Waals surface area contributed by atoms with Crippen LogP contribution in [0.1, 0.15) is 60.6 Å². The molecule has 3 fully saturated rings. The first-order valence-corrected chi connectivity index (χ1v) is 13.1. The van der Waals surface area contributed by atoms with Crippen LogP contribution in [0, 0.1) is 17.2 Å². The Morgan fingerprint density at radius 3 is 2.33 bits per heavy atom. The van der Waals surface area contributed by atoms with Gasteiger partial charge >= 0.3 is 6.18 Å². The number of hydrogen-bond acceptors (Lipinski definition) is 7. The molecule has 0 radical (unpaired) electrons. The predicted octanol–water partition coefficient (Wildman–Crippen LogP) is 3.30. The van der Waals surface area contributed by atoms with Crippen molar-refractivity contribution in [3.63, 3.8) is 0 Å². The minimum absolute atomic E-state index is 0.0395. The van der Waals surface area contributed by atoms with Gasteiger partial charge in [-0.25, -0.2) is 10.0 Å².